The molecule has 5 aliphatic carbocycles. The van der Waals surface area contributed by atoms with Crippen molar-refractivity contribution in [2.24, 2.45) is 29.1 Å². The maximum atomic E-state index is 10.4. The normalized spacial score (nSPS) is 47.5. The smallest absolute Gasteiger partial charge is 0.0545 e. The summed E-state index contributed by atoms with van der Waals surface area (Å²) in [5.41, 5.74) is 0.581. The average molecular weight is 248 g/mol. The van der Waals surface area contributed by atoms with Crippen LogP contribution in [0.2, 0.25) is 0 Å². The lowest BCUT2D eigenvalue weighted by Gasteiger charge is -2.57. The Morgan fingerprint density at radius 2 is 1.50 bits per heavy atom. The Morgan fingerprint density at radius 3 is 2.00 bits per heavy atom. The average Bonchev–Trinajstić information content (AvgIpc) is 3.07. The summed E-state index contributed by atoms with van der Waals surface area (Å²) in [4.78, 5) is 0. The van der Waals surface area contributed by atoms with Gasteiger partial charge in [0.1, 0.15) is 0 Å². The Morgan fingerprint density at radius 1 is 0.944 bits per heavy atom. The summed E-state index contributed by atoms with van der Waals surface area (Å²) in [6.45, 7) is 0. The van der Waals surface area contributed by atoms with E-state index in [0.29, 0.717) is 5.41 Å². The zero-order valence-corrected chi connectivity index (χ0v) is 11.6. The lowest BCUT2D eigenvalue weighted by Crippen LogP contribution is -2.47. The molecule has 5 aliphatic rings. The van der Waals surface area contributed by atoms with Crippen LogP contribution >= 0.6 is 0 Å². The van der Waals surface area contributed by atoms with Gasteiger partial charge in [-0.25, -0.2) is 0 Å². The van der Waals surface area contributed by atoms with Gasteiger partial charge in [0.25, 0.3) is 0 Å². The van der Waals surface area contributed by atoms with E-state index >= 15 is 0 Å². The molecule has 5 fully saturated rings. The summed E-state index contributed by atoms with van der Waals surface area (Å²) in [5.74, 6) is 4.08. The molecule has 102 valence electrons. The van der Waals surface area contributed by atoms with Crippen LogP contribution in [0, 0.1) is 29.1 Å². The molecule has 0 aromatic carbocycles. The molecule has 1 unspecified atom stereocenters. The second-order valence-corrected chi connectivity index (χ2v) is 8.30. The lowest BCUT2D eigenvalue weighted by atomic mass is 9.48. The van der Waals surface area contributed by atoms with Crippen molar-refractivity contribution in [1.82, 2.24) is 0 Å². The van der Waals surface area contributed by atoms with Crippen LogP contribution in [0.1, 0.15) is 70.6 Å². The third kappa shape index (κ3) is 2.24. The van der Waals surface area contributed by atoms with Gasteiger partial charge in [-0.2, -0.15) is 0 Å². The van der Waals surface area contributed by atoms with Crippen LogP contribution in [-0.2, 0) is 0 Å². The van der Waals surface area contributed by atoms with Gasteiger partial charge in [-0.05, 0) is 86.9 Å². The molecular formula is C17H28O. The van der Waals surface area contributed by atoms with E-state index in [-0.39, 0.29) is 6.10 Å². The van der Waals surface area contributed by atoms with E-state index in [1.807, 2.05) is 0 Å². The van der Waals surface area contributed by atoms with Gasteiger partial charge in [0.15, 0.2) is 0 Å². The van der Waals surface area contributed by atoms with Crippen LogP contribution in [-0.4, -0.2) is 11.2 Å². The first-order chi connectivity index (χ1) is 8.71. The van der Waals surface area contributed by atoms with Crippen LogP contribution in [0.3, 0.4) is 0 Å². The fourth-order valence-corrected chi connectivity index (χ4v) is 5.98. The van der Waals surface area contributed by atoms with Crippen molar-refractivity contribution < 1.29 is 5.11 Å². The number of aliphatic hydroxyl groups is 1. The predicted molar refractivity (Wildman–Crippen MR) is 73.2 cm³/mol. The van der Waals surface area contributed by atoms with Crippen LogP contribution in [0.4, 0.5) is 0 Å². The van der Waals surface area contributed by atoms with E-state index in [4.69, 9.17) is 0 Å². The highest BCUT2D eigenvalue weighted by Gasteiger charge is 2.51. The highest BCUT2D eigenvalue weighted by Crippen LogP contribution is 2.61. The Hall–Kier alpha value is -0.0400. The molecule has 4 bridgehead atoms. The highest BCUT2D eigenvalue weighted by atomic mass is 16.3. The van der Waals surface area contributed by atoms with E-state index in [0.717, 1.165) is 36.5 Å². The molecule has 1 nitrogen and oxygen atoms in total. The molecule has 5 saturated carbocycles. The molecule has 0 heterocycles. The molecular weight excluding hydrogens is 220 g/mol. The SMILES string of the molecule is OC(CCC1CC1)CC12CC3CC(CC(C3)C1)C2. The van der Waals surface area contributed by atoms with Gasteiger partial charge in [0, 0.05) is 0 Å². The van der Waals surface area contributed by atoms with Gasteiger partial charge in [-0.1, -0.05) is 12.8 Å². The molecule has 0 aromatic heterocycles. The van der Waals surface area contributed by atoms with Crippen molar-refractivity contribution in [3.05, 3.63) is 0 Å². The van der Waals surface area contributed by atoms with Crippen molar-refractivity contribution in [3.63, 3.8) is 0 Å². The van der Waals surface area contributed by atoms with E-state index < -0.39 is 0 Å². The van der Waals surface area contributed by atoms with Gasteiger partial charge in [0.2, 0.25) is 0 Å². The topological polar surface area (TPSA) is 20.2 Å². The molecule has 0 radical (unpaired) electrons. The third-order valence-electron chi connectivity index (χ3n) is 6.44. The molecule has 0 aromatic rings. The minimum absolute atomic E-state index is 0.0156. The molecule has 5 rings (SSSR count). The Balaban J connectivity index is 1.37. The Labute approximate surface area is 111 Å². The van der Waals surface area contributed by atoms with E-state index in [1.54, 1.807) is 0 Å². The van der Waals surface area contributed by atoms with Gasteiger partial charge in [-0.15, -0.1) is 0 Å². The summed E-state index contributed by atoms with van der Waals surface area (Å²) in [6, 6.07) is 0. The Kier molecular flexibility index (Phi) is 2.76. The van der Waals surface area contributed by atoms with Crippen LogP contribution < -0.4 is 0 Å². The monoisotopic (exact) mass is 248 g/mol. The van der Waals surface area contributed by atoms with Gasteiger partial charge < -0.3 is 5.11 Å². The van der Waals surface area contributed by atoms with Gasteiger partial charge in [-0.3, -0.25) is 0 Å². The molecule has 0 amide bonds. The van der Waals surface area contributed by atoms with Crippen molar-refractivity contribution in [2.75, 3.05) is 0 Å². The van der Waals surface area contributed by atoms with E-state index in [1.165, 1.54) is 57.8 Å². The van der Waals surface area contributed by atoms with Crippen molar-refractivity contribution >= 4 is 0 Å². The van der Waals surface area contributed by atoms with E-state index in [2.05, 4.69) is 0 Å². The highest BCUT2D eigenvalue weighted by molar-refractivity contribution is 5.02. The second-order valence-electron chi connectivity index (χ2n) is 8.30. The van der Waals surface area contributed by atoms with Crippen molar-refractivity contribution in [3.8, 4) is 0 Å². The summed E-state index contributed by atoms with van der Waals surface area (Å²) in [7, 11) is 0. The van der Waals surface area contributed by atoms with Crippen LogP contribution in [0.5, 0.6) is 0 Å². The molecule has 1 atom stereocenters. The number of aliphatic hydroxyl groups excluding tert-OH is 1. The zero-order valence-electron chi connectivity index (χ0n) is 11.6. The van der Waals surface area contributed by atoms with Crippen LogP contribution in [0.15, 0.2) is 0 Å². The first-order valence-corrected chi connectivity index (χ1v) is 8.39. The lowest BCUT2D eigenvalue weighted by molar-refractivity contribution is -0.0768. The molecule has 0 spiro atoms. The van der Waals surface area contributed by atoms with Gasteiger partial charge >= 0.3 is 0 Å². The maximum Gasteiger partial charge on any atom is 0.0545 e. The van der Waals surface area contributed by atoms with Crippen molar-refractivity contribution in [2.45, 2.75) is 76.7 Å². The zero-order chi connectivity index (χ0) is 12.2. The number of hydrogen-bond donors (Lipinski definition) is 1. The fraction of sp³-hybridized carbons (Fsp3) is 1.00. The first kappa shape index (κ1) is 11.8. The molecule has 0 saturated heterocycles. The summed E-state index contributed by atoms with van der Waals surface area (Å²) >= 11 is 0. The standard InChI is InChI=1S/C17H28O/c18-16(4-3-12-1-2-12)11-17-8-13-5-14(9-17)7-15(6-13)10-17/h12-16,18H,1-11H2. The van der Waals surface area contributed by atoms with E-state index in [9.17, 15) is 5.11 Å². The Bertz CT molecular complexity index is 282. The molecule has 0 aliphatic heterocycles. The maximum absolute atomic E-state index is 10.4. The van der Waals surface area contributed by atoms with Crippen LogP contribution in [0.25, 0.3) is 0 Å². The first-order valence-electron chi connectivity index (χ1n) is 8.39. The minimum Gasteiger partial charge on any atom is -0.393 e. The van der Waals surface area contributed by atoms with Gasteiger partial charge in [0.05, 0.1) is 6.10 Å². The summed E-state index contributed by atoms with van der Waals surface area (Å²) in [6.07, 6.45) is 15.4. The third-order valence-corrected chi connectivity index (χ3v) is 6.44. The van der Waals surface area contributed by atoms with Crippen molar-refractivity contribution in [1.29, 1.82) is 0 Å². The largest absolute Gasteiger partial charge is 0.393 e. The summed E-state index contributed by atoms with van der Waals surface area (Å²) in [5, 5.41) is 10.4. The second kappa shape index (κ2) is 4.23. The predicted octanol–water partition coefficient (Wildman–Crippen LogP) is 4.14. The number of rotatable bonds is 5. The quantitative estimate of drug-likeness (QED) is 0.775. The number of hydrogen-bond acceptors (Lipinski definition) is 1. The molecule has 1 heteroatoms. The minimum atomic E-state index is 0.0156. The summed E-state index contributed by atoms with van der Waals surface area (Å²) < 4.78 is 0. The fourth-order valence-electron chi connectivity index (χ4n) is 5.98. The molecule has 1 N–H and O–H groups in total. The molecule has 18 heavy (non-hydrogen) atoms.